The van der Waals surface area contributed by atoms with Gasteiger partial charge in [-0.1, -0.05) is 19.9 Å². The minimum absolute atomic E-state index is 0.136. The molecule has 7 heteroatoms. The van der Waals surface area contributed by atoms with E-state index in [-0.39, 0.29) is 11.3 Å². The number of aliphatic hydroxyl groups excluding tert-OH is 1. The van der Waals surface area contributed by atoms with Crippen LogP contribution in [0, 0.1) is 5.92 Å². The van der Waals surface area contributed by atoms with Crippen molar-refractivity contribution in [1.29, 1.82) is 0 Å². The SMILES string of the molecule is CC(C)COc1ccc(C(O)=C2C(=O)C(=O)N(CCN(C)C)[C@@H]2c2cccs2)cc1. The lowest BCUT2D eigenvalue weighted by Crippen LogP contribution is -2.35. The quantitative estimate of drug-likeness (QED) is 0.394. The van der Waals surface area contributed by atoms with Crippen LogP contribution < -0.4 is 4.74 Å². The van der Waals surface area contributed by atoms with Gasteiger partial charge in [0, 0.05) is 23.5 Å². The molecule has 0 aliphatic carbocycles. The van der Waals surface area contributed by atoms with Crippen LogP contribution in [0.4, 0.5) is 0 Å². The summed E-state index contributed by atoms with van der Waals surface area (Å²) in [7, 11) is 3.83. The highest BCUT2D eigenvalue weighted by atomic mass is 32.1. The molecule has 2 aromatic rings. The first-order chi connectivity index (χ1) is 14.3. The molecule has 160 valence electrons. The first-order valence-corrected chi connectivity index (χ1v) is 10.9. The minimum Gasteiger partial charge on any atom is -0.507 e. The topological polar surface area (TPSA) is 70.1 Å². The third kappa shape index (κ3) is 4.74. The molecular formula is C23H28N2O4S. The standard InChI is InChI=1S/C23H28N2O4S/c1-15(2)14-29-17-9-7-16(8-10-17)21(26)19-20(18-6-5-13-30-18)25(12-11-24(3)4)23(28)22(19)27/h5-10,13,15,20,26H,11-12,14H2,1-4H3/t20-/m1/s1. The Kier molecular flexibility index (Phi) is 6.95. The van der Waals surface area contributed by atoms with Crippen LogP contribution in [0.5, 0.6) is 5.75 Å². The summed E-state index contributed by atoms with van der Waals surface area (Å²) in [6, 6.07) is 10.1. The number of likely N-dealkylation sites (tertiary alicyclic amines) is 1. The number of hydrogen-bond donors (Lipinski definition) is 1. The predicted molar refractivity (Wildman–Crippen MR) is 119 cm³/mol. The summed E-state index contributed by atoms with van der Waals surface area (Å²) >= 11 is 1.47. The molecule has 3 rings (SSSR count). The Balaban J connectivity index is 1.97. The number of benzene rings is 1. The molecule has 6 nitrogen and oxygen atoms in total. The second-order valence-electron chi connectivity index (χ2n) is 8.04. The number of ether oxygens (including phenoxy) is 1. The zero-order valence-corrected chi connectivity index (χ0v) is 18.6. The highest BCUT2D eigenvalue weighted by molar-refractivity contribution is 7.10. The van der Waals surface area contributed by atoms with Crippen LogP contribution in [-0.4, -0.2) is 60.4 Å². The smallest absolute Gasteiger partial charge is 0.295 e. The van der Waals surface area contributed by atoms with Crippen molar-refractivity contribution in [2.45, 2.75) is 19.9 Å². The molecule has 0 bridgehead atoms. The van der Waals surface area contributed by atoms with Gasteiger partial charge in [-0.15, -0.1) is 11.3 Å². The summed E-state index contributed by atoms with van der Waals surface area (Å²) in [5, 5.41) is 12.9. The lowest BCUT2D eigenvalue weighted by Gasteiger charge is -2.25. The molecule has 1 fully saturated rings. The zero-order valence-electron chi connectivity index (χ0n) is 17.8. The Labute approximate surface area is 181 Å². The number of carbonyl (C=O) groups excluding carboxylic acids is 2. The number of likely N-dealkylation sites (N-methyl/N-ethyl adjacent to an activating group) is 1. The van der Waals surface area contributed by atoms with Crippen molar-refractivity contribution in [3.63, 3.8) is 0 Å². The van der Waals surface area contributed by atoms with Crippen LogP contribution >= 0.6 is 11.3 Å². The van der Waals surface area contributed by atoms with Crippen molar-refractivity contribution in [1.82, 2.24) is 9.80 Å². The number of aliphatic hydroxyl groups is 1. The number of ketones is 1. The van der Waals surface area contributed by atoms with Crippen LogP contribution in [0.15, 0.2) is 47.4 Å². The summed E-state index contributed by atoms with van der Waals surface area (Å²) < 4.78 is 5.69. The summed E-state index contributed by atoms with van der Waals surface area (Å²) in [4.78, 5) is 30.0. The number of hydrogen-bond acceptors (Lipinski definition) is 6. The van der Waals surface area contributed by atoms with E-state index in [9.17, 15) is 14.7 Å². The van der Waals surface area contributed by atoms with Crippen molar-refractivity contribution in [2.75, 3.05) is 33.8 Å². The van der Waals surface area contributed by atoms with Gasteiger partial charge < -0.3 is 19.6 Å². The molecule has 1 aliphatic rings. The highest BCUT2D eigenvalue weighted by Gasteiger charge is 2.46. The van der Waals surface area contributed by atoms with Crippen molar-refractivity contribution >= 4 is 28.8 Å². The molecule has 0 saturated carbocycles. The number of rotatable bonds is 8. The van der Waals surface area contributed by atoms with E-state index in [1.165, 1.54) is 11.3 Å². The fourth-order valence-electron chi connectivity index (χ4n) is 3.29. The fraction of sp³-hybridized carbons (Fsp3) is 0.391. The monoisotopic (exact) mass is 428 g/mol. The molecular weight excluding hydrogens is 400 g/mol. The molecule has 0 unspecified atom stereocenters. The molecule has 0 radical (unpaired) electrons. The third-order valence-corrected chi connectivity index (χ3v) is 5.78. The van der Waals surface area contributed by atoms with Gasteiger partial charge in [-0.25, -0.2) is 0 Å². The summed E-state index contributed by atoms with van der Waals surface area (Å²) in [6.07, 6.45) is 0. The largest absolute Gasteiger partial charge is 0.507 e. The van der Waals surface area contributed by atoms with Gasteiger partial charge in [0.25, 0.3) is 11.7 Å². The Morgan fingerprint density at radius 1 is 1.20 bits per heavy atom. The van der Waals surface area contributed by atoms with Gasteiger partial charge in [-0.05, 0) is 55.7 Å². The van der Waals surface area contributed by atoms with Crippen molar-refractivity contribution in [3.8, 4) is 5.75 Å². The molecule has 1 aromatic heterocycles. The lowest BCUT2D eigenvalue weighted by molar-refractivity contribution is -0.140. The van der Waals surface area contributed by atoms with Gasteiger partial charge in [0.2, 0.25) is 0 Å². The van der Waals surface area contributed by atoms with E-state index in [0.717, 1.165) is 4.88 Å². The Hall–Kier alpha value is -2.64. The molecule has 2 heterocycles. The highest BCUT2D eigenvalue weighted by Crippen LogP contribution is 2.41. The molecule has 1 aliphatic heterocycles. The van der Waals surface area contributed by atoms with Crippen LogP contribution in [-0.2, 0) is 9.59 Å². The maximum atomic E-state index is 12.9. The van der Waals surface area contributed by atoms with Crippen molar-refractivity contribution < 1.29 is 19.4 Å². The number of nitrogens with zero attached hydrogens (tertiary/aromatic N) is 2. The fourth-order valence-corrected chi connectivity index (χ4v) is 4.13. The first kappa shape index (κ1) is 22.1. The first-order valence-electron chi connectivity index (χ1n) is 9.99. The van der Waals surface area contributed by atoms with Gasteiger partial charge >= 0.3 is 0 Å². The van der Waals surface area contributed by atoms with Crippen LogP contribution in [0.25, 0.3) is 5.76 Å². The average Bonchev–Trinajstić information content (AvgIpc) is 3.32. The van der Waals surface area contributed by atoms with E-state index in [2.05, 4.69) is 13.8 Å². The second kappa shape index (κ2) is 9.45. The van der Waals surface area contributed by atoms with Crippen LogP contribution in [0.1, 0.15) is 30.3 Å². The van der Waals surface area contributed by atoms with E-state index in [0.29, 0.717) is 36.9 Å². The average molecular weight is 429 g/mol. The minimum atomic E-state index is -0.648. The Morgan fingerprint density at radius 3 is 2.47 bits per heavy atom. The van der Waals surface area contributed by atoms with Gasteiger partial charge in [0.15, 0.2) is 0 Å². The van der Waals surface area contributed by atoms with E-state index in [4.69, 9.17) is 4.74 Å². The van der Waals surface area contributed by atoms with E-state index >= 15 is 0 Å². The molecule has 1 aromatic carbocycles. The third-order valence-electron chi connectivity index (χ3n) is 4.85. The van der Waals surface area contributed by atoms with Gasteiger partial charge in [0.05, 0.1) is 18.2 Å². The number of Topliss-reactive ketones (excluding diaryl/α,β-unsaturated/α-hetero) is 1. The number of carbonyl (C=O) groups is 2. The predicted octanol–water partition coefficient (Wildman–Crippen LogP) is 3.77. The van der Waals surface area contributed by atoms with E-state index < -0.39 is 17.7 Å². The molecule has 0 spiro atoms. The van der Waals surface area contributed by atoms with Gasteiger partial charge in [-0.2, -0.15) is 0 Å². The van der Waals surface area contributed by atoms with Gasteiger partial charge in [-0.3, -0.25) is 9.59 Å². The summed E-state index contributed by atoms with van der Waals surface area (Å²) in [5.74, 6) is -0.281. The van der Waals surface area contributed by atoms with Crippen molar-refractivity contribution in [3.05, 3.63) is 57.8 Å². The van der Waals surface area contributed by atoms with Crippen LogP contribution in [0.2, 0.25) is 0 Å². The summed E-state index contributed by atoms with van der Waals surface area (Å²) in [5.41, 5.74) is 0.621. The lowest BCUT2D eigenvalue weighted by atomic mass is 10.00. The molecule has 1 saturated heterocycles. The molecule has 1 amide bonds. The Morgan fingerprint density at radius 2 is 1.90 bits per heavy atom. The number of thiophene rings is 1. The molecule has 30 heavy (non-hydrogen) atoms. The summed E-state index contributed by atoms with van der Waals surface area (Å²) in [6.45, 7) is 5.76. The number of amides is 1. The van der Waals surface area contributed by atoms with Crippen molar-refractivity contribution in [2.24, 2.45) is 5.92 Å². The van der Waals surface area contributed by atoms with E-state index in [1.807, 2.05) is 36.5 Å². The van der Waals surface area contributed by atoms with Crippen LogP contribution in [0.3, 0.4) is 0 Å². The zero-order chi connectivity index (χ0) is 21.8. The molecule has 1 N–H and O–H groups in total. The second-order valence-corrected chi connectivity index (χ2v) is 9.02. The Bertz CT molecular complexity index is 917. The molecule has 1 atom stereocenters. The maximum absolute atomic E-state index is 12.9. The maximum Gasteiger partial charge on any atom is 0.295 e. The van der Waals surface area contributed by atoms with E-state index in [1.54, 1.807) is 29.2 Å². The van der Waals surface area contributed by atoms with Gasteiger partial charge in [0.1, 0.15) is 11.5 Å². The normalized spacial score (nSPS) is 18.6.